The number of hydrogen-bond donors (Lipinski definition) is 1. The second-order valence-electron chi connectivity index (χ2n) is 4.09. The van der Waals surface area contributed by atoms with Crippen molar-refractivity contribution in [1.82, 2.24) is 0 Å². The summed E-state index contributed by atoms with van der Waals surface area (Å²) in [4.78, 5) is 0.725. The highest BCUT2D eigenvalue weighted by Crippen LogP contribution is 2.37. The molecule has 0 aliphatic rings. The van der Waals surface area contributed by atoms with Gasteiger partial charge in [-0.1, -0.05) is 12.2 Å². The predicted octanol–water partition coefficient (Wildman–Crippen LogP) is 4.74. The first-order valence-corrected chi connectivity index (χ1v) is 7.72. The highest BCUT2D eigenvalue weighted by atomic mass is 79.9. The summed E-state index contributed by atoms with van der Waals surface area (Å²) < 4.78 is 45.3. The van der Waals surface area contributed by atoms with Gasteiger partial charge >= 0.3 is 6.18 Å². The number of hydrogen-bond acceptors (Lipinski definition) is 3. The van der Waals surface area contributed by atoms with Crippen LogP contribution in [0.15, 0.2) is 34.1 Å². The summed E-state index contributed by atoms with van der Waals surface area (Å²) in [5.74, 6) is -0.243. The molecule has 8 heteroatoms. The molecule has 0 fully saturated rings. The van der Waals surface area contributed by atoms with Crippen LogP contribution in [0.2, 0.25) is 0 Å². The Kier molecular flexibility index (Phi) is 4.90. The third kappa shape index (κ3) is 4.18. The van der Waals surface area contributed by atoms with Crippen molar-refractivity contribution in [3.8, 4) is 5.75 Å². The minimum absolute atomic E-state index is 0.0613. The van der Waals surface area contributed by atoms with E-state index in [2.05, 4.69) is 15.9 Å². The Morgan fingerprint density at radius 1 is 1.33 bits per heavy atom. The Hall–Kier alpha value is -1.12. The van der Waals surface area contributed by atoms with E-state index in [0.29, 0.717) is 0 Å². The molecular weight excluding hydrogens is 387 g/mol. The molecule has 2 N–H and O–H groups in total. The van der Waals surface area contributed by atoms with Gasteiger partial charge in [-0.05, 0) is 40.2 Å². The zero-order valence-corrected chi connectivity index (χ0v) is 13.6. The molecule has 2 aromatic rings. The van der Waals surface area contributed by atoms with Crippen molar-refractivity contribution in [1.29, 1.82) is 0 Å². The van der Waals surface area contributed by atoms with Crippen LogP contribution in [0.1, 0.15) is 16.0 Å². The highest BCUT2D eigenvalue weighted by Gasteiger charge is 2.35. The first-order valence-electron chi connectivity index (χ1n) is 5.64. The lowest BCUT2D eigenvalue weighted by Gasteiger charge is -2.14. The number of ether oxygens (including phenoxy) is 1. The molecule has 1 aromatic carbocycles. The third-order valence-corrected chi connectivity index (χ3v) is 4.47. The average molecular weight is 396 g/mol. The fourth-order valence-electron chi connectivity index (χ4n) is 1.61. The first kappa shape index (κ1) is 16.3. The quantitative estimate of drug-likeness (QED) is 0.759. The van der Waals surface area contributed by atoms with Crippen LogP contribution in [-0.4, -0.2) is 4.99 Å². The molecule has 1 aromatic heterocycles. The maximum absolute atomic E-state index is 13.1. The number of alkyl halides is 3. The van der Waals surface area contributed by atoms with Crippen LogP contribution in [-0.2, 0) is 12.8 Å². The fourth-order valence-corrected chi connectivity index (χ4v) is 3.10. The molecule has 0 aliphatic heterocycles. The van der Waals surface area contributed by atoms with Crippen LogP contribution in [0.4, 0.5) is 13.2 Å². The molecular formula is C13H9BrF3NOS2. The van der Waals surface area contributed by atoms with E-state index in [1.165, 1.54) is 23.5 Å². The SMILES string of the molecule is NC(=S)c1ccc(OCc2cc(Br)cs2)c(C(F)(F)F)c1. The van der Waals surface area contributed by atoms with E-state index in [1.54, 1.807) is 6.07 Å². The second-order valence-corrected chi connectivity index (χ2v) is 6.44. The predicted molar refractivity (Wildman–Crippen MR) is 83.7 cm³/mol. The molecule has 1 heterocycles. The summed E-state index contributed by atoms with van der Waals surface area (Å²) in [6, 6.07) is 5.35. The van der Waals surface area contributed by atoms with Gasteiger partial charge in [0, 0.05) is 20.3 Å². The van der Waals surface area contributed by atoms with Gasteiger partial charge in [-0.15, -0.1) is 11.3 Å². The van der Waals surface area contributed by atoms with Crippen molar-refractivity contribution in [2.75, 3.05) is 0 Å². The van der Waals surface area contributed by atoms with Crippen LogP contribution in [0.3, 0.4) is 0 Å². The Balaban J connectivity index is 2.27. The summed E-state index contributed by atoms with van der Waals surface area (Å²) in [5.41, 5.74) is 4.63. The minimum atomic E-state index is -4.54. The largest absolute Gasteiger partial charge is 0.487 e. The molecule has 0 saturated heterocycles. The molecule has 0 aliphatic carbocycles. The van der Waals surface area contributed by atoms with E-state index in [9.17, 15) is 13.2 Å². The van der Waals surface area contributed by atoms with E-state index in [-0.39, 0.29) is 22.9 Å². The van der Waals surface area contributed by atoms with Crippen LogP contribution in [0, 0.1) is 0 Å². The lowest BCUT2D eigenvalue weighted by atomic mass is 10.1. The summed E-state index contributed by atoms with van der Waals surface area (Å²) in [7, 11) is 0. The lowest BCUT2D eigenvalue weighted by molar-refractivity contribution is -0.139. The number of thiocarbonyl (C=S) groups is 1. The maximum Gasteiger partial charge on any atom is 0.419 e. The van der Waals surface area contributed by atoms with Gasteiger partial charge in [0.05, 0.1) is 5.56 Å². The zero-order chi connectivity index (χ0) is 15.6. The van der Waals surface area contributed by atoms with Crippen molar-refractivity contribution in [3.05, 3.63) is 50.1 Å². The molecule has 0 saturated carbocycles. The fraction of sp³-hybridized carbons (Fsp3) is 0.154. The molecule has 0 radical (unpaired) electrons. The van der Waals surface area contributed by atoms with Crippen molar-refractivity contribution in [2.24, 2.45) is 5.73 Å². The Morgan fingerprint density at radius 2 is 2.05 bits per heavy atom. The monoisotopic (exact) mass is 395 g/mol. The first-order chi connectivity index (χ1) is 9.77. The molecule has 112 valence electrons. The Bertz CT molecular complexity index is 670. The lowest BCUT2D eigenvalue weighted by Crippen LogP contribution is -2.14. The molecule has 2 rings (SSSR count). The maximum atomic E-state index is 13.1. The van der Waals surface area contributed by atoms with Crippen molar-refractivity contribution in [3.63, 3.8) is 0 Å². The van der Waals surface area contributed by atoms with Gasteiger partial charge < -0.3 is 10.5 Å². The molecule has 0 unspecified atom stereocenters. The summed E-state index contributed by atoms with van der Waals surface area (Å²) >= 11 is 9.37. The summed E-state index contributed by atoms with van der Waals surface area (Å²) in [5, 5.41) is 1.83. The highest BCUT2D eigenvalue weighted by molar-refractivity contribution is 9.10. The Labute approximate surface area is 136 Å². The second kappa shape index (κ2) is 6.33. The number of halogens is 4. The zero-order valence-electron chi connectivity index (χ0n) is 10.4. The number of nitrogens with two attached hydrogens (primary N) is 1. The third-order valence-electron chi connectivity index (χ3n) is 2.56. The number of thiophene rings is 1. The Morgan fingerprint density at radius 3 is 2.57 bits per heavy atom. The van der Waals surface area contributed by atoms with Crippen LogP contribution >= 0.6 is 39.5 Å². The molecule has 21 heavy (non-hydrogen) atoms. The van der Waals surface area contributed by atoms with Crippen molar-refractivity contribution < 1.29 is 17.9 Å². The minimum Gasteiger partial charge on any atom is -0.487 e. The summed E-state index contributed by atoms with van der Waals surface area (Å²) in [6.07, 6.45) is -4.54. The number of rotatable bonds is 4. The molecule has 0 bridgehead atoms. The van der Waals surface area contributed by atoms with Gasteiger partial charge in [0.1, 0.15) is 17.3 Å². The molecule has 0 spiro atoms. The standard InChI is InChI=1S/C13H9BrF3NOS2/c14-8-4-9(21-6-8)5-19-11-2-1-7(12(18)20)3-10(11)13(15,16)17/h1-4,6H,5H2,(H2,18,20). The molecule has 0 amide bonds. The van der Waals surface area contributed by atoms with Crippen LogP contribution in [0.25, 0.3) is 0 Å². The van der Waals surface area contributed by atoms with Crippen molar-refractivity contribution >= 4 is 44.5 Å². The smallest absolute Gasteiger partial charge is 0.419 e. The van der Waals surface area contributed by atoms with Gasteiger partial charge in [0.15, 0.2) is 0 Å². The summed E-state index contributed by atoms with van der Waals surface area (Å²) in [6.45, 7) is 0.0613. The van der Waals surface area contributed by atoms with E-state index in [0.717, 1.165) is 15.4 Å². The van der Waals surface area contributed by atoms with Gasteiger partial charge in [0.2, 0.25) is 0 Å². The number of benzene rings is 1. The molecule has 0 atom stereocenters. The van der Waals surface area contributed by atoms with E-state index < -0.39 is 11.7 Å². The topological polar surface area (TPSA) is 35.2 Å². The van der Waals surface area contributed by atoms with Crippen LogP contribution in [0.5, 0.6) is 5.75 Å². The van der Waals surface area contributed by atoms with Gasteiger partial charge in [0.25, 0.3) is 0 Å². The van der Waals surface area contributed by atoms with Crippen molar-refractivity contribution in [2.45, 2.75) is 12.8 Å². The van der Waals surface area contributed by atoms with E-state index in [1.807, 2.05) is 5.38 Å². The normalized spacial score (nSPS) is 11.4. The molecule has 2 nitrogen and oxygen atoms in total. The average Bonchev–Trinajstić information content (AvgIpc) is 2.81. The van der Waals surface area contributed by atoms with Crippen LogP contribution < -0.4 is 10.5 Å². The van der Waals surface area contributed by atoms with Gasteiger partial charge in [-0.3, -0.25) is 0 Å². The van der Waals surface area contributed by atoms with E-state index in [4.69, 9.17) is 22.7 Å². The van der Waals surface area contributed by atoms with Gasteiger partial charge in [-0.25, -0.2) is 0 Å². The van der Waals surface area contributed by atoms with Gasteiger partial charge in [-0.2, -0.15) is 13.2 Å². The van der Waals surface area contributed by atoms with E-state index >= 15 is 0 Å².